The number of alkyl halides is 2. The van der Waals surface area contributed by atoms with Crippen molar-refractivity contribution in [2.75, 3.05) is 0 Å². The summed E-state index contributed by atoms with van der Waals surface area (Å²) in [6, 6.07) is 0. The van der Waals surface area contributed by atoms with Gasteiger partial charge in [0.2, 0.25) is 11.7 Å². The maximum Gasteiger partial charge on any atom is 0.374 e. The maximum atomic E-state index is 12.6. The lowest BCUT2D eigenvalue weighted by molar-refractivity contribution is 0.0647. The predicted molar refractivity (Wildman–Crippen MR) is 61.5 cm³/mol. The molecule has 0 fully saturated rings. The molecule has 0 atom stereocenters. The minimum atomic E-state index is -3.02. The average molecular weight is 294 g/mol. The van der Waals surface area contributed by atoms with Gasteiger partial charge < -0.3 is 9.52 Å². The zero-order valence-corrected chi connectivity index (χ0v) is 10.5. The van der Waals surface area contributed by atoms with E-state index in [9.17, 15) is 13.6 Å². The Morgan fingerprint density at radius 1 is 1.61 bits per heavy atom. The van der Waals surface area contributed by atoms with Crippen LogP contribution < -0.4 is 0 Å². The first-order valence-corrected chi connectivity index (χ1v) is 5.93. The molecule has 2 heterocycles. The third-order valence-electron chi connectivity index (χ3n) is 2.15. The van der Waals surface area contributed by atoms with Crippen LogP contribution in [0.1, 0.15) is 28.2 Å². The Kier molecular flexibility index (Phi) is 3.36. The highest BCUT2D eigenvalue weighted by Crippen LogP contribution is 2.37. The number of rotatable bonds is 3. The third-order valence-corrected chi connectivity index (χ3v) is 3.83. The molecule has 0 spiro atoms. The molecule has 0 saturated heterocycles. The number of hydrogen-bond donors (Lipinski definition) is 1. The second-order valence-corrected chi connectivity index (χ2v) is 4.66. The summed E-state index contributed by atoms with van der Waals surface area (Å²) in [6.45, 7) is 1.73. The maximum absolute atomic E-state index is 12.6. The molecule has 0 aliphatic rings. The van der Waals surface area contributed by atoms with Gasteiger partial charge in [-0.15, -0.1) is 11.3 Å². The summed E-state index contributed by atoms with van der Waals surface area (Å²) in [6.07, 6.45) is -3.02. The normalized spacial score (nSPS) is 11.2. The highest BCUT2D eigenvalue weighted by Gasteiger charge is 2.28. The van der Waals surface area contributed by atoms with Crippen molar-refractivity contribution >= 4 is 28.9 Å². The molecule has 8 heteroatoms. The summed E-state index contributed by atoms with van der Waals surface area (Å²) in [5.41, 5.74) is -0.148. The van der Waals surface area contributed by atoms with Crippen LogP contribution in [0, 0.1) is 6.92 Å². The fourth-order valence-electron chi connectivity index (χ4n) is 1.30. The van der Waals surface area contributed by atoms with E-state index in [-0.39, 0.29) is 5.89 Å². The van der Waals surface area contributed by atoms with Crippen molar-refractivity contribution in [2.24, 2.45) is 0 Å². The quantitative estimate of drug-likeness (QED) is 0.929. The number of oxazole rings is 1. The van der Waals surface area contributed by atoms with E-state index in [2.05, 4.69) is 4.98 Å². The molecule has 1 N–H and O–H groups in total. The highest BCUT2D eigenvalue weighted by molar-refractivity contribution is 7.14. The van der Waals surface area contributed by atoms with Crippen molar-refractivity contribution in [3.63, 3.8) is 0 Å². The molecule has 0 unspecified atom stereocenters. The van der Waals surface area contributed by atoms with Gasteiger partial charge >= 0.3 is 5.97 Å². The van der Waals surface area contributed by atoms with Gasteiger partial charge in [0, 0.05) is 0 Å². The number of carboxylic acids is 1. The Labute approximate surface area is 109 Å². The van der Waals surface area contributed by atoms with Crippen LogP contribution in [0.15, 0.2) is 9.80 Å². The van der Waals surface area contributed by atoms with Gasteiger partial charge in [0.15, 0.2) is 5.69 Å². The van der Waals surface area contributed by atoms with E-state index in [4.69, 9.17) is 21.1 Å². The van der Waals surface area contributed by atoms with Crippen LogP contribution in [0.25, 0.3) is 10.8 Å². The van der Waals surface area contributed by atoms with Crippen LogP contribution in [-0.2, 0) is 0 Å². The molecule has 2 rings (SSSR count). The van der Waals surface area contributed by atoms with Crippen LogP contribution in [-0.4, -0.2) is 16.1 Å². The minimum absolute atomic E-state index is 0.203. The predicted octanol–water partition coefficient (Wildman–Crippen LogP) is 4.00. The average Bonchev–Trinajstić information content (AvgIpc) is 2.85. The van der Waals surface area contributed by atoms with E-state index in [1.165, 1.54) is 0 Å². The number of aromatic carboxylic acids is 1. The number of halogens is 3. The summed E-state index contributed by atoms with van der Waals surface area (Å²) in [7, 11) is 0. The molecule has 0 aromatic carbocycles. The number of hydrogen-bond acceptors (Lipinski definition) is 4. The molecule has 0 aliphatic carbocycles. The van der Waals surface area contributed by atoms with Crippen LogP contribution in [0.2, 0.25) is 5.02 Å². The molecule has 0 aliphatic heterocycles. The molecule has 96 valence electrons. The zero-order valence-electron chi connectivity index (χ0n) is 8.91. The van der Waals surface area contributed by atoms with Gasteiger partial charge in [-0.2, -0.15) is 0 Å². The Morgan fingerprint density at radius 2 is 2.28 bits per heavy atom. The van der Waals surface area contributed by atoms with Crippen molar-refractivity contribution < 1.29 is 23.1 Å². The lowest BCUT2D eigenvalue weighted by Crippen LogP contribution is -1.99. The first-order valence-electron chi connectivity index (χ1n) is 4.68. The van der Waals surface area contributed by atoms with Crippen LogP contribution >= 0.6 is 22.9 Å². The summed E-state index contributed by atoms with van der Waals surface area (Å²) in [5.74, 6) is -2.65. The van der Waals surface area contributed by atoms with E-state index in [0.717, 1.165) is 16.9 Å². The van der Waals surface area contributed by atoms with Crippen molar-refractivity contribution in [1.82, 2.24) is 4.98 Å². The number of aromatic nitrogens is 1. The third kappa shape index (κ3) is 2.11. The monoisotopic (exact) mass is 293 g/mol. The molecule has 2 aromatic heterocycles. The molecular weight excluding hydrogens is 288 g/mol. The summed E-state index contributed by atoms with van der Waals surface area (Å²) < 4.78 is 30.1. The van der Waals surface area contributed by atoms with Crippen molar-refractivity contribution in [3.8, 4) is 10.8 Å². The fourth-order valence-corrected chi connectivity index (χ4v) is 2.50. The molecule has 0 radical (unpaired) electrons. The van der Waals surface area contributed by atoms with Crippen LogP contribution in [0.5, 0.6) is 0 Å². The molecule has 4 nitrogen and oxygen atoms in total. The lowest BCUT2D eigenvalue weighted by atomic mass is 10.3. The number of carboxylic acid groups (broad SMARTS) is 1. The van der Waals surface area contributed by atoms with E-state index >= 15 is 0 Å². The smallest absolute Gasteiger partial charge is 0.374 e. The fraction of sp³-hybridized carbons (Fsp3) is 0.200. The van der Waals surface area contributed by atoms with Gasteiger partial charge in [-0.1, -0.05) is 11.6 Å². The Hall–Kier alpha value is -1.47. The lowest BCUT2D eigenvalue weighted by Gasteiger charge is -1.91. The molecular formula is C10H6ClF2NO3S. The number of aryl methyl sites for hydroxylation is 1. The van der Waals surface area contributed by atoms with E-state index < -0.39 is 23.8 Å². The van der Waals surface area contributed by atoms with Gasteiger partial charge in [-0.05, 0) is 17.9 Å². The Balaban J connectivity index is 2.57. The number of carbonyl (C=O) groups is 1. The standard InChI is InChI=1S/C10H6ClF2NO3S/c1-3-2-18-7(4(3)11)9-14-5(8(12)13)6(17-9)10(15)16/h2,8H,1H3,(H,15,16). The SMILES string of the molecule is Cc1csc(-c2nc(C(F)F)c(C(=O)O)o2)c1Cl. The van der Waals surface area contributed by atoms with Gasteiger partial charge in [-0.3, -0.25) is 0 Å². The van der Waals surface area contributed by atoms with Crippen LogP contribution in [0.4, 0.5) is 8.78 Å². The topological polar surface area (TPSA) is 63.3 Å². The summed E-state index contributed by atoms with van der Waals surface area (Å²) in [5, 5.41) is 10.8. The summed E-state index contributed by atoms with van der Waals surface area (Å²) in [4.78, 5) is 14.6. The van der Waals surface area contributed by atoms with E-state index in [1.807, 2.05) is 0 Å². The zero-order chi connectivity index (χ0) is 13.4. The second kappa shape index (κ2) is 4.66. The largest absolute Gasteiger partial charge is 0.475 e. The molecule has 18 heavy (non-hydrogen) atoms. The number of thiophene rings is 1. The van der Waals surface area contributed by atoms with Gasteiger partial charge in [0.1, 0.15) is 4.88 Å². The number of nitrogens with zero attached hydrogens (tertiary/aromatic N) is 1. The van der Waals surface area contributed by atoms with Gasteiger partial charge in [-0.25, -0.2) is 18.6 Å². The van der Waals surface area contributed by atoms with Crippen molar-refractivity contribution in [1.29, 1.82) is 0 Å². The first-order chi connectivity index (χ1) is 8.41. The van der Waals surface area contributed by atoms with Crippen molar-refractivity contribution in [2.45, 2.75) is 13.3 Å². The van der Waals surface area contributed by atoms with E-state index in [0.29, 0.717) is 9.90 Å². The summed E-state index contributed by atoms with van der Waals surface area (Å²) >= 11 is 7.09. The highest BCUT2D eigenvalue weighted by atomic mass is 35.5. The minimum Gasteiger partial charge on any atom is -0.475 e. The Morgan fingerprint density at radius 3 is 2.67 bits per heavy atom. The second-order valence-electron chi connectivity index (χ2n) is 3.40. The molecule has 0 saturated carbocycles. The van der Waals surface area contributed by atoms with Gasteiger partial charge in [0.25, 0.3) is 6.43 Å². The van der Waals surface area contributed by atoms with E-state index in [1.54, 1.807) is 12.3 Å². The molecule has 0 amide bonds. The molecule has 0 bridgehead atoms. The molecule has 2 aromatic rings. The van der Waals surface area contributed by atoms with Crippen molar-refractivity contribution in [3.05, 3.63) is 27.4 Å². The first kappa shape index (κ1) is 13.0. The van der Waals surface area contributed by atoms with Crippen LogP contribution in [0.3, 0.4) is 0 Å². The Bertz CT molecular complexity index is 608. The van der Waals surface area contributed by atoms with Gasteiger partial charge in [0.05, 0.1) is 5.02 Å².